The molecule has 0 bridgehead atoms. The third kappa shape index (κ3) is 10.6. The second-order valence-corrected chi connectivity index (χ2v) is 5.55. The van der Waals surface area contributed by atoms with Gasteiger partial charge in [-0.15, -0.1) is 0 Å². The SMILES string of the molecule is CSCCC(=O)NCCC(=O)NCCC(=O)C(C)C. The van der Waals surface area contributed by atoms with E-state index < -0.39 is 0 Å². The fourth-order valence-corrected chi connectivity index (χ4v) is 1.69. The maximum Gasteiger partial charge on any atom is 0.221 e. The number of rotatable bonds is 10. The molecule has 2 amide bonds. The van der Waals surface area contributed by atoms with Gasteiger partial charge >= 0.3 is 0 Å². The molecule has 0 aliphatic rings. The van der Waals surface area contributed by atoms with Crippen molar-refractivity contribution in [3.63, 3.8) is 0 Å². The minimum Gasteiger partial charge on any atom is -0.356 e. The molecule has 19 heavy (non-hydrogen) atoms. The summed E-state index contributed by atoms with van der Waals surface area (Å²) in [4.78, 5) is 34.0. The van der Waals surface area contributed by atoms with Gasteiger partial charge in [0, 0.05) is 44.0 Å². The van der Waals surface area contributed by atoms with Crippen molar-refractivity contribution in [3.05, 3.63) is 0 Å². The van der Waals surface area contributed by atoms with Crippen molar-refractivity contribution < 1.29 is 14.4 Å². The summed E-state index contributed by atoms with van der Waals surface area (Å²) in [6.07, 6.45) is 3.04. The molecule has 0 aliphatic carbocycles. The maximum atomic E-state index is 11.4. The highest BCUT2D eigenvalue weighted by atomic mass is 32.2. The van der Waals surface area contributed by atoms with Crippen LogP contribution in [0.3, 0.4) is 0 Å². The Morgan fingerprint density at radius 1 is 0.947 bits per heavy atom. The number of amides is 2. The molecule has 0 aromatic heterocycles. The molecule has 0 aromatic rings. The number of Topliss-reactive ketones (excluding diaryl/α,β-unsaturated/α-hetero) is 1. The Bertz CT molecular complexity index is 306. The van der Waals surface area contributed by atoms with Crippen molar-refractivity contribution in [2.24, 2.45) is 5.92 Å². The van der Waals surface area contributed by atoms with Crippen LogP contribution in [0.25, 0.3) is 0 Å². The predicted molar refractivity (Wildman–Crippen MR) is 78.1 cm³/mol. The minimum atomic E-state index is -0.137. The molecule has 0 saturated carbocycles. The quantitative estimate of drug-likeness (QED) is 0.628. The molecule has 0 radical (unpaired) electrons. The summed E-state index contributed by atoms with van der Waals surface area (Å²) < 4.78 is 0. The molecule has 0 aromatic carbocycles. The van der Waals surface area contributed by atoms with E-state index in [1.54, 1.807) is 11.8 Å². The summed E-state index contributed by atoms with van der Waals surface area (Å²) in [6, 6.07) is 0. The minimum absolute atomic E-state index is 0.00706. The summed E-state index contributed by atoms with van der Waals surface area (Å²) in [5.74, 6) is 0.771. The molecule has 0 aliphatic heterocycles. The van der Waals surface area contributed by atoms with Crippen LogP contribution < -0.4 is 10.6 Å². The molecule has 110 valence electrons. The van der Waals surface area contributed by atoms with E-state index in [4.69, 9.17) is 0 Å². The Hall–Kier alpha value is -1.04. The molecule has 0 fully saturated rings. The standard InChI is InChI=1S/C13H24N2O3S/c1-10(2)11(16)4-7-14-12(17)5-8-15-13(18)6-9-19-3/h10H,4-9H2,1-3H3,(H,14,17)(H,15,18). The summed E-state index contributed by atoms with van der Waals surface area (Å²) in [5.41, 5.74) is 0. The Balaban J connectivity index is 3.54. The van der Waals surface area contributed by atoms with Crippen LogP contribution in [0.4, 0.5) is 0 Å². The Labute approximate surface area is 119 Å². The number of carbonyl (C=O) groups is 3. The van der Waals surface area contributed by atoms with Gasteiger partial charge in [-0.25, -0.2) is 0 Å². The van der Waals surface area contributed by atoms with Crippen LogP contribution in [0.5, 0.6) is 0 Å². The van der Waals surface area contributed by atoms with E-state index >= 15 is 0 Å². The van der Waals surface area contributed by atoms with Gasteiger partial charge in [-0.1, -0.05) is 13.8 Å². The second kappa shape index (κ2) is 10.8. The lowest BCUT2D eigenvalue weighted by Gasteiger charge is -2.07. The zero-order valence-electron chi connectivity index (χ0n) is 12.0. The fourth-order valence-electron chi connectivity index (χ4n) is 1.30. The normalized spacial score (nSPS) is 10.3. The topological polar surface area (TPSA) is 75.3 Å². The van der Waals surface area contributed by atoms with Gasteiger partial charge < -0.3 is 10.6 Å². The lowest BCUT2D eigenvalue weighted by atomic mass is 10.1. The molecule has 5 nitrogen and oxygen atoms in total. The highest BCUT2D eigenvalue weighted by Crippen LogP contribution is 1.97. The molecule has 0 heterocycles. The number of carbonyl (C=O) groups excluding carboxylic acids is 3. The van der Waals surface area contributed by atoms with Gasteiger partial charge in [-0.2, -0.15) is 11.8 Å². The van der Waals surface area contributed by atoms with E-state index in [0.29, 0.717) is 25.9 Å². The van der Waals surface area contributed by atoms with Crippen LogP contribution in [0.1, 0.15) is 33.1 Å². The van der Waals surface area contributed by atoms with Gasteiger partial charge in [0.25, 0.3) is 0 Å². The van der Waals surface area contributed by atoms with E-state index in [-0.39, 0.29) is 29.9 Å². The Morgan fingerprint density at radius 2 is 1.47 bits per heavy atom. The largest absolute Gasteiger partial charge is 0.356 e. The summed E-state index contributed by atoms with van der Waals surface area (Å²) in [6.45, 7) is 4.40. The first kappa shape index (κ1) is 18.0. The van der Waals surface area contributed by atoms with Crippen molar-refractivity contribution in [1.82, 2.24) is 10.6 Å². The highest BCUT2D eigenvalue weighted by molar-refractivity contribution is 7.98. The zero-order valence-corrected chi connectivity index (χ0v) is 12.8. The molecule has 0 rings (SSSR count). The fraction of sp³-hybridized carbons (Fsp3) is 0.769. The number of hydrogen-bond donors (Lipinski definition) is 2. The number of ketones is 1. The molecule has 2 N–H and O–H groups in total. The first-order chi connectivity index (χ1) is 8.97. The first-order valence-corrected chi connectivity index (χ1v) is 7.91. The number of hydrogen-bond acceptors (Lipinski definition) is 4. The lowest BCUT2D eigenvalue weighted by molar-refractivity contribution is -0.122. The summed E-state index contributed by atoms with van der Waals surface area (Å²) >= 11 is 1.61. The van der Waals surface area contributed by atoms with E-state index in [0.717, 1.165) is 5.75 Å². The zero-order chi connectivity index (χ0) is 14.7. The average molecular weight is 288 g/mol. The van der Waals surface area contributed by atoms with Crippen LogP contribution in [0.2, 0.25) is 0 Å². The monoisotopic (exact) mass is 288 g/mol. The van der Waals surface area contributed by atoms with Gasteiger partial charge in [0.15, 0.2) is 0 Å². The van der Waals surface area contributed by atoms with Gasteiger partial charge in [-0.3, -0.25) is 14.4 Å². The van der Waals surface area contributed by atoms with Crippen molar-refractivity contribution in [2.75, 3.05) is 25.1 Å². The van der Waals surface area contributed by atoms with Crippen LogP contribution >= 0.6 is 11.8 Å². The molecule has 0 saturated heterocycles. The Morgan fingerprint density at radius 3 is 2.00 bits per heavy atom. The lowest BCUT2D eigenvalue weighted by Crippen LogP contribution is -2.32. The molecule has 0 spiro atoms. The van der Waals surface area contributed by atoms with Crippen LogP contribution in [0.15, 0.2) is 0 Å². The third-order valence-electron chi connectivity index (χ3n) is 2.54. The summed E-state index contributed by atoms with van der Waals surface area (Å²) in [5, 5.41) is 5.36. The molecule has 0 unspecified atom stereocenters. The summed E-state index contributed by atoms with van der Waals surface area (Å²) in [7, 11) is 0. The van der Waals surface area contributed by atoms with E-state index in [2.05, 4.69) is 10.6 Å². The molecular formula is C13H24N2O3S. The van der Waals surface area contributed by atoms with Gasteiger partial charge in [0.1, 0.15) is 5.78 Å². The maximum absolute atomic E-state index is 11.4. The molecule has 6 heteroatoms. The van der Waals surface area contributed by atoms with Gasteiger partial charge in [0.05, 0.1) is 0 Å². The number of thioether (sulfide) groups is 1. The smallest absolute Gasteiger partial charge is 0.221 e. The van der Waals surface area contributed by atoms with Gasteiger partial charge in [0.2, 0.25) is 11.8 Å². The van der Waals surface area contributed by atoms with Crippen molar-refractivity contribution in [2.45, 2.75) is 33.1 Å². The van der Waals surface area contributed by atoms with Crippen molar-refractivity contribution in [1.29, 1.82) is 0 Å². The highest BCUT2D eigenvalue weighted by Gasteiger charge is 2.08. The van der Waals surface area contributed by atoms with Crippen LogP contribution in [0, 0.1) is 5.92 Å². The second-order valence-electron chi connectivity index (χ2n) is 4.56. The van der Waals surface area contributed by atoms with Gasteiger partial charge in [-0.05, 0) is 6.26 Å². The van der Waals surface area contributed by atoms with E-state index in [9.17, 15) is 14.4 Å². The van der Waals surface area contributed by atoms with Crippen molar-refractivity contribution >= 4 is 29.4 Å². The third-order valence-corrected chi connectivity index (χ3v) is 3.16. The first-order valence-electron chi connectivity index (χ1n) is 6.52. The Kier molecular flexibility index (Phi) is 10.2. The van der Waals surface area contributed by atoms with E-state index in [1.807, 2.05) is 20.1 Å². The van der Waals surface area contributed by atoms with E-state index in [1.165, 1.54) is 0 Å². The van der Waals surface area contributed by atoms with Crippen LogP contribution in [-0.4, -0.2) is 42.7 Å². The van der Waals surface area contributed by atoms with Crippen molar-refractivity contribution in [3.8, 4) is 0 Å². The predicted octanol–water partition coefficient (Wildman–Crippen LogP) is 0.977. The van der Waals surface area contributed by atoms with Crippen LogP contribution in [-0.2, 0) is 14.4 Å². The number of nitrogens with one attached hydrogen (secondary N) is 2. The molecule has 0 atom stereocenters. The average Bonchev–Trinajstić information content (AvgIpc) is 2.36. The molecular weight excluding hydrogens is 264 g/mol.